The highest BCUT2D eigenvalue weighted by atomic mass is 35.5. The normalized spacial score (nSPS) is 17.3. The van der Waals surface area contributed by atoms with Crippen LogP contribution < -0.4 is 5.32 Å². The first kappa shape index (κ1) is 21.4. The zero-order chi connectivity index (χ0) is 23.3. The molecule has 2 aromatic heterocycles. The summed E-state index contributed by atoms with van der Waals surface area (Å²) in [4.78, 5) is 36.0. The van der Waals surface area contributed by atoms with Crippen LogP contribution in [0.4, 0.5) is 4.79 Å². The molecule has 10 nitrogen and oxygen atoms in total. The van der Waals surface area contributed by atoms with Crippen LogP contribution in [0.5, 0.6) is 0 Å². The van der Waals surface area contributed by atoms with Crippen LogP contribution in [-0.2, 0) is 11.3 Å². The van der Waals surface area contributed by atoms with E-state index in [1.807, 2.05) is 21.6 Å². The van der Waals surface area contributed by atoms with Crippen molar-refractivity contribution in [2.75, 3.05) is 6.54 Å². The number of carbonyl (C=O) groups is 2. The van der Waals surface area contributed by atoms with Crippen molar-refractivity contribution in [3.8, 4) is 17.2 Å². The van der Waals surface area contributed by atoms with E-state index in [4.69, 9.17) is 20.9 Å². The molecular weight excluding hydrogens is 448 g/mol. The standard InChI is InChI=1S/C22H23ClN6O4/c1-22(2,3)32-21(31)24-10-15-26-19(27-33-15)17-18-14-8-5-9-28(14)20(30)16-12(23)6-4-7-13(16)29(18)11-25-17/h4,6-7,11,14H,5,8-10H2,1-3H3,(H,24,31)/t14-/m0/s1. The highest BCUT2D eigenvalue weighted by molar-refractivity contribution is 6.34. The lowest BCUT2D eigenvalue weighted by Crippen LogP contribution is -2.32. The second-order valence-corrected chi connectivity index (χ2v) is 9.41. The summed E-state index contributed by atoms with van der Waals surface area (Å²) in [7, 11) is 0. The van der Waals surface area contributed by atoms with E-state index in [1.165, 1.54) is 0 Å². The van der Waals surface area contributed by atoms with Crippen LogP contribution in [0.2, 0.25) is 5.02 Å². The maximum Gasteiger partial charge on any atom is 0.408 e. The molecule has 0 bridgehead atoms. The Morgan fingerprint density at radius 2 is 2.18 bits per heavy atom. The van der Waals surface area contributed by atoms with E-state index in [-0.39, 0.29) is 30.2 Å². The number of nitrogens with one attached hydrogen (secondary N) is 1. The molecule has 2 aliphatic rings. The number of ether oxygens (including phenoxy) is 1. The lowest BCUT2D eigenvalue weighted by molar-refractivity contribution is 0.0517. The lowest BCUT2D eigenvalue weighted by Gasteiger charge is -2.22. The number of fused-ring (bicyclic) bond motifs is 5. The number of aromatic nitrogens is 4. The van der Waals surface area contributed by atoms with E-state index in [2.05, 4.69) is 20.4 Å². The molecule has 1 N–H and O–H groups in total. The van der Waals surface area contributed by atoms with Crippen molar-refractivity contribution in [3.63, 3.8) is 0 Å². The van der Waals surface area contributed by atoms with Crippen molar-refractivity contribution < 1.29 is 18.8 Å². The van der Waals surface area contributed by atoms with E-state index < -0.39 is 11.7 Å². The predicted molar refractivity (Wildman–Crippen MR) is 118 cm³/mol. The van der Waals surface area contributed by atoms with Gasteiger partial charge in [-0.1, -0.05) is 22.8 Å². The molecule has 0 aliphatic carbocycles. The van der Waals surface area contributed by atoms with E-state index in [9.17, 15) is 9.59 Å². The van der Waals surface area contributed by atoms with Crippen molar-refractivity contribution in [2.24, 2.45) is 0 Å². The Balaban J connectivity index is 1.49. The van der Waals surface area contributed by atoms with Crippen LogP contribution in [-0.4, -0.2) is 48.7 Å². The first-order valence-corrected chi connectivity index (χ1v) is 11.1. The summed E-state index contributed by atoms with van der Waals surface area (Å²) in [6.07, 6.45) is 2.75. The van der Waals surface area contributed by atoms with Gasteiger partial charge in [-0.15, -0.1) is 0 Å². The number of carbonyl (C=O) groups excluding carboxylic acids is 2. The Morgan fingerprint density at radius 3 is 2.97 bits per heavy atom. The second-order valence-electron chi connectivity index (χ2n) is 9.01. The molecule has 0 unspecified atom stereocenters. The monoisotopic (exact) mass is 470 g/mol. The molecule has 5 rings (SSSR count). The molecule has 172 valence electrons. The third-order valence-electron chi connectivity index (χ3n) is 5.56. The Kier molecular flexibility index (Phi) is 5.12. The van der Waals surface area contributed by atoms with Gasteiger partial charge in [-0.05, 0) is 45.7 Å². The molecule has 3 aromatic rings. The minimum absolute atomic E-state index is 0.0183. The molecule has 1 saturated heterocycles. The molecule has 1 aromatic carbocycles. The zero-order valence-corrected chi connectivity index (χ0v) is 19.2. The summed E-state index contributed by atoms with van der Waals surface area (Å²) in [5.74, 6) is 0.409. The number of alkyl carbamates (subject to hydrolysis) is 1. The summed E-state index contributed by atoms with van der Waals surface area (Å²) >= 11 is 6.43. The summed E-state index contributed by atoms with van der Waals surface area (Å²) < 4.78 is 12.4. The van der Waals surface area contributed by atoms with Crippen LogP contribution in [0.3, 0.4) is 0 Å². The van der Waals surface area contributed by atoms with Crippen molar-refractivity contribution in [1.29, 1.82) is 0 Å². The predicted octanol–water partition coefficient (Wildman–Crippen LogP) is 3.89. The minimum atomic E-state index is -0.609. The molecule has 1 fully saturated rings. The Hall–Kier alpha value is -3.40. The first-order valence-electron chi connectivity index (χ1n) is 10.7. The number of imidazole rings is 1. The van der Waals surface area contributed by atoms with Gasteiger partial charge in [0.1, 0.15) is 24.2 Å². The van der Waals surface area contributed by atoms with E-state index >= 15 is 0 Å². The van der Waals surface area contributed by atoms with Gasteiger partial charge in [0.05, 0.1) is 28.0 Å². The van der Waals surface area contributed by atoms with E-state index in [1.54, 1.807) is 33.2 Å². The van der Waals surface area contributed by atoms with Gasteiger partial charge in [-0.3, -0.25) is 9.36 Å². The number of hydrogen-bond donors (Lipinski definition) is 1. The fourth-order valence-electron chi connectivity index (χ4n) is 4.29. The minimum Gasteiger partial charge on any atom is -0.444 e. The van der Waals surface area contributed by atoms with Gasteiger partial charge < -0.3 is 19.5 Å². The summed E-state index contributed by atoms with van der Waals surface area (Å²) in [6.45, 7) is 6.00. The summed E-state index contributed by atoms with van der Waals surface area (Å²) in [5.41, 5.74) is 1.87. The van der Waals surface area contributed by atoms with Gasteiger partial charge in [0, 0.05) is 6.54 Å². The molecule has 2 aliphatic heterocycles. The maximum absolute atomic E-state index is 13.3. The molecule has 0 spiro atoms. The summed E-state index contributed by atoms with van der Waals surface area (Å²) in [6, 6.07) is 5.20. The van der Waals surface area contributed by atoms with Gasteiger partial charge >= 0.3 is 6.09 Å². The topological polar surface area (TPSA) is 115 Å². The largest absolute Gasteiger partial charge is 0.444 e. The third kappa shape index (κ3) is 3.84. The quantitative estimate of drug-likeness (QED) is 0.617. The number of rotatable bonds is 3. The smallest absolute Gasteiger partial charge is 0.408 e. The number of benzene rings is 1. The van der Waals surface area contributed by atoms with Crippen LogP contribution in [0.1, 0.15) is 61.6 Å². The molecule has 4 heterocycles. The van der Waals surface area contributed by atoms with Crippen molar-refractivity contribution >= 4 is 23.6 Å². The molecule has 1 atom stereocenters. The average Bonchev–Trinajstić information content (AvgIpc) is 3.47. The molecule has 0 saturated carbocycles. The van der Waals surface area contributed by atoms with Crippen LogP contribution in [0.25, 0.3) is 17.2 Å². The van der Waals surface area contributed by atoms with Gasteiger partial charge in [0.2, 0.25) is 11.7 Å². The highest BCUT2D eigenvalue weighted by Gasteiger charge is 2.40. The van der Waals surface area contributed by atoms with Crippen molar-refractivity contribution in [1.82, 2.24) is 29.9 Å². The highest BCUT2D eigenvalue weighted by Crippen LogP contribution is 2.43. The fourth-order valence-corrected chi connectivity index (χ4v) is 4.54. The van der Waals surface area contributed by atoms with E-state index in [0.717, 1.165) is 18.5 Å². The second kappa shape index (κ2) is 7.87. The SMILES string of the molecule is CC(C)(C)OC(=O)NCc1nc(-c2ncn3c2[C@@H]2CCCN2C(=O)c2c(Cl)cccc2-3)no1. The van der Waals surface area contributed by atoms with Gasteiger partial charge in [0.25, 0.3) is 5.91 Å². The third-order valence-corrected chi connectivity index (χ3v) is 5.88. The number of nitrogens with zero attached hydrogens (tertiary/aromatic N) is 5. The summed E-state index contributed by atoms with van der Waals surface area (Å²) in [5, 5.41) is 7.07. The number of hydrogen-bond acceptors (Lipinski definition) is 7. The van der Waals surface area contributed by atoms with Crippen molar-refractivity contribution in [2.45, 2.75) is 51.8 Å². The average molecular weight is 471 g/mol. The van der Waals surface area contributed by atoms with Crippen LogP contribution in [0.15, 0.2) is 29.0 Å². The van der Waals surface area contributed by atoms with Gasteiger partial charge in [-0.2, -0.15) is 4.98 Å². The van der Waals surface area contributed by atoms with Gasteiger partial charge in [-0.25, -0.2) is 9.78 Å². The number of halogens is 1. The molecular formula is C22H23ClN6O4. The van der Waals surface area contributed by atoms with Crippen LogP contribution in [0, 0.1) is 0 Å². The Bertz CT molecular complexity index is 1240. The van der Waals surface area contributed by atoms with Crippen molar-refractivity contribution in [3.05, 3.63) is 46.7 Å². The number of amides is 2. The Morgan fingerprint density at radius 1 is 1.36 bits per heavy atom. The molecule has 33 heavy (non-hydrogen) atoms. The van der Waals surface area contributed by atoms with Crippen LogP contribution >= 0.6 is 11.6 Å². The molecule has 2 amide bonds. The van der Waals surface area contributed by atoms with Gasteiger partial charge in [0.15, 0.2) is 0 Å². The molecule has 0 radical (unpaired) electrons. The lowest BCUT2D eigenvalue weighted by atomic mass is 10.1. The maximum atomic E-state index is 13.3. The zero-order valence-electron chi connectivity index (χ0n) is 18.5. The first-order chi connectivity index (χ1) is 15.7. The Labute approximate surface area is 194 Å². The molecule has 11 heteroatoms. The van der Waals surface area contributed by atoms with E-state index in [0.29, 0.717) is 28.5 Å². The fraction of sp³-hybridized carbons (Fsp3) is 0.409.